The number of carbonyl (C=O) groups excluding carboxylic acids is 2. The van der Waals surface area contributed by atoms with Crippen molar-refractivity contribution in [1.82, 2.24) is 34.5 Å². The van der Waals surface area contributed by atoms with Crippen LogP contribution in [0.4, 0.5) is 4.79 Å². The van der Waals surface area contributed by atoms with Crippen molar-refractivity contribution in [2.75, 3.05) is 53.6 Å². The fourth-order valence-corrected chi connectivity index (χ4v) is 7.48. The van der Waals surface area contributed by atoms with Gasteiger partial charge in [-0.25, -0.2) is 14.8 Å². The number of fused-ring (bicyclic) bond motifs is 1. The summed E-state index contributed by atoms with van der Waals surface area (Å²) in [6.45, 7) is 6.71. The Kier molecular flexibility index (Phi) is 11.5. The molecule has 13 nitrogen and oxygen atoms in total. The van der Waals surface area contributed by atoms with Gasteiger partial charge in [0.1, 0.15) is 6.10 Å². The van der Waals surface area contributed by atoms with E-state index in [1.165, 1.54) is 7.11 Å². The Morgan fingerprint density at radius 3 is 2.43 bits per heavy atom. The SMILES string of the molecule is COc1nc(-c2cccc(-c3ccnc(-c4cc(OC)c5nc(CN6CCOCC6)cn5c4)c3Cl)c2Cl)ccc1CNC(=O)OC1CCN(C(C)=O)CC1. The van der Waals surface area contributed by atoms with Crippen molar-refractivity contribution in [3.05, 3.63) is 82.4 Å². The number of hydrogen-bond acceptors (Lipinski definition) is 10. The average molecular weight is 775 g/mol. The Hall–Kier alpha value is -4.95. The summed E-state index contributed by atoms with van der Waals surface area (Å²) in [6, 6.07) is 13.1. The number of carbonyl (C=O) groups is 2. The molecule has 0 bridgehead atoms. The van der Waals surface area contributed by atoms with Crippen molar-refractivity contribution in [2.24, 2.45) is 0 Å². The lowest BCUT2D eigenvalue weighted by Gasteiger charge is -2.30. The first kappa shape index (κ1) is 37.4. The van der Waals surface area contributed by atoms with E-state index in [9.17, 15) is 9.59 Å². The van der Waals surface area contributed by atoms with Crippen LogP contribution in [0.5, 0.6) is 11.6 Å². The Balaban J connectivity index is 1.10. The highest BCUT2D eigenvalue weighted by molar-refractivity contribution is 6.39. The lowest BCUT2D eigenvalue weighted by molar-refractivity contribution is -0.130. The molecule has 0 spiro atoms. The molecule has 0 radical (unpaired) electrons. The first-order valence-corrected chi connectivity index (χ1v) is 18.5. The molecular weight excluding hydrogens is 733 g/mol. The number of piperidine rings is 1. The first-order valence-electron chi connectivity index (χ1n) is 17.8. The smallest absolute Gasteiger partial charge is 0.407 e. The quantitative estimate of drug-likeness (QED) is 0.167. The van der Waals surface area contributed by atoms with Gasteiger partial charge in [-0.15, -0.1) is 0 Å². The number of imidazole rings is 1. The van der Waals surface area contributed by atoms with Crippen LogP contribution in [0.15, 0.2) is 61.1 Å². The van der Waals surface area contributed by atoms with E-state index in [1.807, 2.05) is 59.3 Å². The molecule has 1 N–H and O–H groups in total. The summed E-state index contributed by atoms with van der Waals surface area (Å²) < 4.78 is 24.4. The number of nitrogens with one attached hydrogen (secondary N) is 1. The Labute approximate surface area is 323 Å². The number of amides is 2. The molecule has 5 aromatic rings. The number of nitrogens with zero attached hydrogens (tertiary/aromatic N) is 6. The van der Waals surface area contributed by atoms with Crippen molar-refractivity contribution in [3.8, 4) is 45.3 Å². The second kappa shape index (κ2) is 16.6. The van der Waals surface area contributed by atoms with E-state index in [0.717, 1.165) is 24.3 Å². The number of aromatic nitrogens is 4. The van der Waals surface area contributed by atoms with Crippen molar-refractivity contribution >= 4 is 40.8 Å². The summed E-state index contributed by atoms with van der Waals surface area (Å²) in [7, 11) is 3.14. The summed E-state index contributed by atoms with van der Waals surface area (Å²) in [4.78, 5) is 42.5. The van der Waals surface area contributed by atoms with Crippen LogP contribution < -0.4 is 14.8 Å². The molecule has 2 amide bonds. The highest BCUT2D eigenvalue weighted by Gasteiger charge is 2.24. The van der Waals surface area contributed by atoms with E-state index in [4.69, 9.17) is 52.1 Å². The number of methoxy groups -OCH3 is 2. The molecular formula is C39H41Cl2N7O6. The lowest BCUT2D eigenvalue weighted by Crippen LogP contribution is -2.41. The summed E-state index contributed by atoms with van der Waals surface area (Å²) in [5.41, 5.74) is 6.28. The van der Waals surface area contributed by atoms with Crippen LogP contribution in [0.25, 0.3) is 39.3 Å². The van der Waals surface area contributed by atoms with Crippen LogP contribution in [0.1, 0.15) is 31.0 Å². The molecule has 4 aromatic heterocycles. The fourth-order valence-electron chi connectivity index (χ4n) is 6.83. The van der Waals surface area contributed by atoms with E-state index in [1.54, 1.807) is 25.1 Å². The number of benzene rings is 1. The summed E-state index contributed by atoms with van der Waals surface area (Å²) >= 11 is 14.3. The van der Waals surface area contributed by atoms with Gasteiger partial charge in [-0.1, -0.05) is 41.4 Å². The normalized spacial score (nSPS) is 15.3. The zero-order chi connectivity index (χ0) is 37.8. The molecule has 7 rings (SSSR count). The maximum Gasteiger partial charge on any atom is 0.407 e. The fraction of sp³-hybridized carbons (Fsp3) is 0.359. The van der Waals surface area contributed by atoms with Crippen LogP contribution in [-0.4, -0.2) is 101 Å². The standard InChI is InChI=1S/C39H41Cl2N7O6/c1-24(49)47-13-10-28(11-14-47)54-39(50)43-20-25-7-8-32(45-38(25)52-3)31-6-4-5-29(34(31)40)30-9-12-42-36(35(30)41)26-19-33(51-2)37-44-27(23-48(37)21-26)22-46-15-17-53-18-16-46/h4-9,12,19,21,23,28H,10-11,13-18,20,22H2,1-3H3,(H,43,50). The van der Waals surface area contributed by atoms with Crippen LogP contribution in [0, 0.1) is 0 Å². The van der Waals surface area contributed by atoms with Gasteiger partial charge in [0.25, 0.3) is 0 Å². The third-order valence-corrected chi connectivity index (χ3v) is 10.5. The molecule has 2 saturated heterocycles. The molecule has 0 atom stereocenters. The van der Waals surface area contributed by atoms with Gasteiger partial charge in [0.05, 0.1) is 61.1 Å². The summed E-state index contributed by atoms with van der Waals surface area (Å²) in [6.07, 6.45) is 6.09. The molecule has 282 valence electrons. The van der Waals surface area contributed by atoms with E-state index >= 15 is 0 Å². The minimum absolute atomic E-state index is 0.0274. The number of halogens is 2. The van der Waals surface area contributed by atoms with Crippen LogP contribution in [0.3, 0.4) is 0 Å². The van der Waals surface area contributed by atoms with Crippen molar-refractivity contribution in [3.63, 3.8) is 0 Å². The molecule has 2 fully saturated rings. The second-order valence-corrected chi connectivity index (χ2v) is 13.9. The summed E-state index contributed by atoms with van der Waals surface area (Å²) in [5, 5.41) is 3.66. The second-order valence-electron chi connectivity index (χ2n) is 13.2. The molecule has 54 heavy (non-hydrogen) atoms. The predicted octanol–water partition coefficient (Wildman–Crippen LogP) is 6.52. The predicted molar refractivity (Wildman–Crippen MR) is 205 cm³/mol. The van der Waals surface area contributed by atoms with Gasteiger partial charge < -0.3 is 33.6 Å². The van der Waals surface area contributed by atoms with Gasteiger partial charge in [-0.2, -0.15) is 0 Å². The van der Waals surface area contributed by atoms with E-state index < -0.39 is 6.09 Å². The Morgan fingerprint density at radius 1 is 0.926 bits per heavy atom. The highest BCUT2D eigenvalue weighted by Crippen LogP contribution is 2.42. The lowest BCUT2D eigenvalue weighted by atomic mass is 10.00. The minimum Gasteiger partial charge on any atom is -0.493 e. The maximum absolute atomic E-state index is 12.6. The number of hydrogen-bond donors (Lipinski definition) is 1. The number of morpholine rings is 1. The molecule has 0 saturated carbocycles. The van der Waals surface area contributed by atoms with Gasteiger partial charge in [0.2, 0.25) is 11.8 Å². The van der Waals surface area contributed by atoms with Crippen LogP contribution in [0.2, 0.25) is 10.0 Å². The molecule has 2 aliphatic rings. The van der Waals surface area contributed by atoms with Crippen molar-refractivity contribution < 1.29 is 28.5 Å². The number of pyridine rings is 3. The largest absolute Gasteiger partial charge is 0.493 e. The summed E-state index contributed by atoms with van der Waals surface area (Å²) in [5.74, 6) is 0.968. The van der Waals surface area contributed by atoms with E-state index in [-0.39, 0.29) is 18.6 Å². The van der Waals surface area contributed by atoms with Gasteiger partial charge >= 0.3 is 6.09 Å². The van der Waals surface area contributed by atoms with Crippen LogP contribution >= 0.6 is 23.2 Å². The highest BCUT2D eigenvalue weighted by atomic mass is 35.5. The molecule has 6 heterocycles. The molecule has 0 unspecified atom stereocenters. The number of rotatable bonds is 10. The van der Waals surface area contributed by atoms with Gasteiger partial charge in [0, 0.05) is 98.9 Å². The zero-order valence-corrected chi connectivity index (χ0v) is 31.8. The van der Waals surface area contributed by atoms with E-state index in [2.05, 4.69) is 15.2 Å². The number of alkyl carbamates (subject to hydrolysis) is 1. The monoisotopic (exact) mass is 773 g/mol. The Bertz CT molecular complexity index is 2170. The number of ether oxygens (including phenoxy) is 4. The van der Waals surface area contributed by atoms with Crippen LogP contribution in [-0.2, 0) is 27.4 Å². The molecule has 15 heteroatoms. The topological polar surface area (TPSA) is 133 Å². The van der Waals surface area contributed by atoms with Gasteiger partial charge in [-0.3, -0.25) is 14.7 Å². The van der Waals surface area contributed by atoms with Crippen molar-refractivity contribution in [1.29, 1.82) is 0 Å². The Morgan fingerprint density at radius 2 is 1.69 bits per heavy atom. The molecule has 2 aliphatic heterocycles. The zero-order valence-electron chi connectivity index (χ0n) is 30.3. The average Bonchev–Trinajstić information content (AvgIpc) is 3.60. The molecule has 0 aliphatic carbocycles. The first-order chi connectivity index (χ1) is 26.2. The minimum atomic E-state index is -0.538. The maximum atomic E-state index is 12.6. The molecule has 1 aromatic carbocycles. The van der Waals surface area contributed by atoms with Gasteiger partial charge in [0.15, 0.2) is 11.4 Å². The third kappa shape index (κ3) is 8.09. The van der Waals surface area contributed by atoms with E-state index in [0.29, 0.717) is 107 Å². The van der Waals surface area contributed by atoms with Gasteiger partial charge in [-0.05, 0) is 24.3 Å². The van der Waals surface area contributed by atoms with Crippen molar-refractivity contribution in [2.45, 2.75) is 39.0 Å². The third-order valence-electron chi connectivity index (χ3n) is 9.72. The number of likely N-dealkylation sites (tertiary alicyclic amines) is 1.